The normalized spacial score (nSPS) is 11.7. The Morgan fingerprint density at radius 2 is 1.23 bits per heavy atom. The Morgan fingerprint density at radius 3 is 1.69 bits per heavy atom. The molecule has 0 aliphatic rings. The monoisotopic (exact) mass is 488 g/mol. The number of benzene rings is 1. The molecule has 0 saturated carbocycles. The molecule has 3 heteroatoms. The predicted molar refractivity (Wildman–Crippen MR) is 150 cm³/mol. The van der Waals surface area contributed by atoms with E-state index in [2.05, 4.69) is 27.7 Å². The lowest BCUT2D eigenvalue weighted by Gasteiger charge is -2.22. The van der Waals surface area contributed by atoms with Gasteiger partial charge in [0, 0.05) is 6.42 Å². The molecule has 0 aromatic heterocycles. The zero-order chi connectivity index (χ0) is 25.9. The van der Waals surface area contributed by atoms with Gasteiger partial charge in [-0.2, -0.15) is 0 Å². The SMILES string of the molecule is CCCCCCCCCCCCCCCCCCOC(=O)CCc1cc(C)c(O)c(C(C)(C)C)c1. The van der Waals surface area contributed by atoms with E-state index >= 15 is 0 Å². The van der Waals surface area contributed by atoms with Crippen molar-refractivity contribution < 1.29 is 14.6 Å². The van der Waals surface area contributed by atoms with Crippen molar-refractivity contribution in [1.29, 1.82) is 0 Å². The van der Waals surface area contributed by atoms with E-state index in [1.807, 2.05) is 19.1 Å². The van der Waals surface area contributed by atoms with Crippen molar-refractivity contribution in [3.8, 4) is 5.75 Å². The number of rotatable bonds is 20. The minimum atomic E-state index is -0.126. The van der Waals surface area contributed by atoms with Crippen LogP contribution in [0.2, 0.25) is 0 Å². The first-order chi connectivity index (χ1) is 16.8. The van der Waals surface area contributed by atoms with E-state index in [-0.39, 0.29) is 11.4 Å². The number of aryl methyl sites for hydroxylation is 2. The number of ether oxygens (including phenoxy) is 1. The quantitative estimate of drug-likeness (QED) is 0.147. The predicted octanol–water partition coefficient (Wildman–Crippen LogP) is 9.74. The number of phenolic OH excluding ortho intramolecular Hbond substituents is 1. The molecule has 0 amide bonds. The Kier molecular flexibility index (Phi) is 16.9. The fourth-order valence-electron chi connectivity index (χ4n) is 4.73. The molecule has 1 aromatic carbocycles. The lowest BCUT2D eigenvalue weighted by Crippen LogP contribution is -2.13. The van der Waals surface area contributed by atoms with Crippen LogP contribution in [0.3, 0.4) is 0 Å². The molecule has 0 heterocycles. The molecule has 35 heavy (non-hydrogen) atoms. The summed E-state index contributed by atoms with van der Waals surface area (Å²) in [4.78, 5) is 12.1. The number of aromatic hydroxyl groups is 1. The molecule has 0 radical (unpaired) electrons. The van der Waals surface area contributed by atoms with Gasteiger partial charge in [-0.1, -0.05) is 136 Å². The third kappa shape index (κ3) is 15.3. The number of carbonyl (C=O) groups excluding carboxylic acids is 1. The zero-order valence-corrected chi connectivity index (χ0v) is 23.9. The van der Waals surface area contributed by atoms with Crippen molar-refractivity contribution in [3.05, 3.63) is 28.8 Å². The van der Waals surface area contributed by atoms with E-state index < -0.39 is 0 Å². The third-order valence-corrected chi connectivity index (χ3v) is 7.05. The largest absolute Gasteiger partial charge is 0.507 e. The van der Waals surface area contributed by atoms with Crippen LogP contribution in [0.15, 0.2) is 12.1 Å². The molecule has 0 saturated heterocycles. The van der Waals surface area contributed by atoms with Gasteiger partial charge < -0.3 is 9.84 Å². The molecule has 1 aromatic rings. The van der Waals surface area contributed by atoms with Crippen LogP contribution >= 0.6 is 0 Å². The van der Waals surface area contributed by atoms with Crippen molar-refractivity contribution in [2.45, 2.75) is 156 Å². The van der Waals surface area contributed by atoms with Gasteiger partial charge in [-0.25, -0.2) is 0 Å². The molecule has 1 rings (SSSR count). The van der Waals surface area contributed by atoms with E-state index in [0.29, 0.717) is 25.2 Å². The molecule has 0 atom stereocenters. The average molecular weight is 489 g/mol. The van der Waals surface area contributed by atoms with E-state index in [4.69, 9.17) is 4.74 Å². The summed E-state index contributed by atoms with van der Waals surface area (Å²) in [7, 11) is 0. The van der Waals surface area contributed by atoms with Crippen LogP contribution in [0, 0.1) is 6.92 Å². The molecule has 0 bridgehead atoms. The summed E-state index contributed by atoms with van der Waals surface area (Å²) in [6.45, 7) is 11.0. The molecule has 0 fully saturated rings. The molecule has 1 N–H and O–H groups in total. The molecule has 202 valence electrons. The van der Waals surface area contributed by atoms with Gasteiger partial charge in [-0.05, 0) is 41.9 Å². The summed E-state index contributed by atoms with van der Waals surface area (Å²) in [5, 5.41) is 10.4. The lowest BCUT2D eigenvalue weighted by atomic mass is 9.83. The van der Waals surface area contributed by atoms with Gasteiger partial charge in [-0.3, -0.25) is 4.79 Å². The fourth-order valence-corrected chi connectivity index (χ4v) is 4.73. The van der Waals surface area contributed by atoms with Crippen molar-refractivity contribution in [3.63, 3.8) is 0 Å². The zero-order valence-electron chi connectivity index (χ0n) is 23.9. The molecule has 0 spiro atoms. The Hall–Kier alpha value is -1.51. The smallest absolute Gasteiger partial charge is 0.306 e. The highest BCUT2D eigenvalue weighted by atomic mass is 16.5. The Labute approximate surface area is 217 Å². The van der Waals surface area contributed by atoms with Crippen LogP contribution in [0.25, 0.3) is 0 Å². The van der Waals surface area contributed by atoms with Crippen LogP contribution in [0.5, 0.6) is 5.75 Å². The van der Waals surface area contributed by atoms with Crippen molar-refractivity contribution >= 4 is 5.97 Å². The van der Waals surface area contributed by atoms with E-state index in [1.54, 1.807) is 0 Å². The minimum Gasteiger partial charge on any atom is -0.507 e. The molecule has 0 unspecified atom stereocenters. The fraction of sp³-hybridized carbons (Fsp3) is 0.781. The molecular weight excluding hydrogens is 432 g/mol. The van der Waals surface area contributed by atoms with Crippen molar-refractivity contribution in [2.24, 2.45) is 0 Å². The van der Waals surface area contributed by atoms with Crippen molar-refractivity contribution in [2.75, 3.05) is 6.61 Å². The average Bonchev–Trinajstić information content (AvgIpc) is 2.81. The first kappa shape index (κ1) is 31.5. The summed E-state index contributed by atoms with van der Waals surface area (Å²) < 4.78 is 5.45. The highest BCUT2D eigenvalue weighted by Gasteiger charge is 2.20. The summed E-state index contributed by atoms with van der Waals surface area (Å²) in [6, 6.07) is 4.01. The molecule has 0 aliphatic carbocycles. The number of phenols is 1. The summed E-state index contributed by atoms with van der Waals surface area (Å²) in [6.07, 6.45) is 22.6. The Morgan fingerprint density at radius 1 is 0.771 bits per heavy atom. The molecular formula is C32H56O3. The van der Waals surface area contributed by atoms with E-state index in [1.165, 1.54) is 89.9 Å². The second-order valence-corrected chi connectivity index (χ2v) is 11.6. The van der Waals surface area contributed by atoms with Gasteiger partial charge in [0.15, 0.2) is 0 Å². The standard InChI is InChI=1S/C32H56O3/c1-6-7-8-9-10-11-12-13-14-15-16-17-18-19-20-21-24-35-30(33)23-22-28-25-27(2)31(34)29(26-28)32(3,4)5/h25-26,34H,6-24H2,1-5H3. The van der Waals surface area contributed by atoms with Crippen LogP contribution in [-0.2, 0) is 21.4 Å². The summed E-state index contributed by atoms with van der Waals surface area (Å²) in [5.74, 6) is 0.251. The maximum absolute atomic E-state index is 12.1. The second-order valence-electron chi connectivity index (χ2n) is 11.6. The van der Waals surface area contributed by atoms with Gasteiger partial charge in [0.25, 0.3) is 0 Å². The van der Waals surface area contributed by atoms with Crippen LogP contribution in [0.4, 0.5) is 0 Å². The van der Waals surface area contributed by atoms with Crippen LogP contribution < -0.4 is 0 Å². The van der Waals surface area contributed by atoms with Gasteiger partial charge in [0.1, 0.15) is 5.75 Å². The minimum absolute atomic E-state index is 0.117. The van der Waals surface area contributed by atoms with E-state index in [0.717, 1.165) is 29.5 Å². The molecule has 3 nitrogen and oxygen atoms in total. The maximum Gasteiger partial charge on any atom is 0.306 e. The number of esters is 1. The van der Waals surface area contributed by atoms with Gasteiger partial charge in [0.2, 0.25) is 0 Å². The number of carbonyl (C=O) groups is 1. The Bertz CT molecular complexity index is 687. The van der Waals surface area contributed by atoms with Gasteiger partial charge in [-0.15, -0.1) is 0 Å². The highest BCUT2D eigenvalue weighted by molar-refractivity contribution is 5.69. The van der Waals surface area contributed by atoms with Crippen LogP contribution in [0.1, 0.15) is 154 Å². The van der Waals surface area contributed by atoms with Crippen molar-refractivity contribution in [1.82, 2.24) is 0 Å². The first-order valence-electron chi connectivity index (χ1n) is 14.7. The number of unbranched alkanes of at least 4 members (excludes halogenated alkanes) is 15. The second kappa shape index (κ2) is 18.7. The molecule has 0 aliphatic heterocycles. The third-order valence-electron chi connectivity index (χ3n) is 7.05. The number of hydrogen-bond acceptors (Lipinski definition) is 3. The summed E-state index contributed by atoms with van der Waals surface area (Å²) >= 11 is 0. The first-order valence-corrected chi connectivity index (χ1v) is 14.7. The number of hydrogen-bond donors (Lipinski definition) is 1. The van der Waals surface area contributed by atoms with Crippen LogP contribution in [-0.4, -0.2) is 17.7 Å². The topological polar surface area (TPSA) is 46.5 Å². The highest BCUT2D eigenvalue weighted by Crippen LogP contribution is 2.34. The summed E-state index contributed by atoms with van der Waals surface area (Å²) in [5.41, 5.74) is 2.77. The lowest BCUT2D eigenvalue weighted by molar-refractivity contribution is -0.143. The van der Waals surface area contributed by atoms with E-state index in [9.17, 15) is 9.90 Å². The van der Waals surface area contributed by atoms with Gasteiger partial charge in [0.05, 0.1) is 6.61 Å². The maximum atomic E-state index is 12.1. The Balaban J connectivity index is 1.98. The van der Waals surface area contributed by atoms with Gasteiger partial charge >= 0.3 is 5.97 Å².